The molecule has 13 heavy (non-hydrogen) atoms. The summed E-state index contributed by atoms with van der Waals surface area (Å²) in [5, 5.41) is 0. The summed E-state index contributed by atoms with van der Waals surface area (Å²) in [7, 11) is 0. The zero-order valence-corrected chi connectivity index (χ0v) is 9.31. The Kier molecular flexibility index (Phi) is 4.60. The van der Waals surface area contributed by atoms with E-state index in [1.165, 1.54) is 5.57 Å². The molecule has 1 aliphatic heterocycles. The third kappa shape index (κ3) is 3.57. The Hall–Kier alpha value is -0.210. The maximum atomic E-state index is 5.33. The molecule has 1 heterocycles. The fraction of sp³-hybridized carbons (Fsp3) is 0.636. The zero-order chi connectivity index (χ0) is 9.68. The maximum Gasteiger partial charge on any atom is 0.0471 e. The van der Waals surface area contributed by atoms with Gasteiger partial charge in [0, 0.05) is 13.2 Å². The van der Waals surface area contributed by atoms with Crippen molar-refractivity contribution in [2.75, 3.05) is 13.2 Å². The highest BCUT2D eigenvalue weighted by molar-refractivity contribution is 7.84. The second kappa shape index (κ2) is 5.51. The molecule has 0 radical (unpaired) electrons. The van der Waals surface area contributed by atoms with Crippen molar-refractivity contribution >= 4 is 12.6 Å². The summed E-state index contributed by atoms with van der Waals surface area (Å²) < 4.78 is 5.33. The molecule has 1 nitrogen and oxygen atoms in total. The van der Waals surface area contributed by atoms with Crippen LogP contribution >= 0.6 is 12.6 Å². The van der Waals surface area contributed by atoms with Crippen molar-refractivity contribution in [2.45, 2.75) is 26.7 Å². The van der Waals surface area contributed by atoms with Crippen LogP contribution in [0, 0.1) is 5.92 Å². The molecule has 1 saturated heterocycles. The second-order valence-corrected chi connectivity index (χ2v) is 4.17. The molecular formula is C11H18OS. The molecule has 0 bridgehead atoms. The van der Waals surface area contributed by atoms with Crippen LogP contribution < -0.4 is 0 Å². The molecule has 2 heteroatoms. The van der Waals surface area contributed by atoms with Crippen LogP contribution in [0.1, 0.15) is 26.7 Å². The molecule has 0 amide bonds. The van der Waals surface area contributed by atoms with Gasteiger partial charge in [0.25, 0.3) is 0 Å². The molecule has 1 rings (SSSR count). The minimum atomic E-state index is 0.681. The van der Waals surface area contributed by atoms with Crippen molar-refractivity contribution in [3.8, 4) is 0 Å². The first-order chi connectivity index (χ1) is 6.24. The van der Waals surface area contributed by atoms with E-state index in [-0.39, 0.29) is 0 Å². The molecule has 74 valence electrons. The van der Waals surface area contributed by atoms with Gasteiger partial charge >= 0.3 is 0 Å². The Morgan fingerprint density at radius 1 is 1.38 bits per heavy atom. The molecule has 0 spiro atoms. The number of thiol groups is 1. The lowest BCUT2D eigenvalue weighted by Crippen LogP contribution is -2.16. The lowest BCUT2D eigenvalue weighted by molar-refractivity contribution is 0.0765. The quantitative estimate of drug-likeness (QED) is 0.529. The maximum absolute atomic E-state index is 5.33. The lowest BCUT2D eigenvalue weighted by Gasteiger charge is -2.23. The summed E-state index contributed by atoms with van der Waals surface area (Å²) in [4.78, 5) is 1.08. The van der Waals surface area contributed by atoms with E-state index in [0.29, 0.717) is 5.92 Å². The monoisotopic (exact) mass is 198 g/mol. The van der Waals surface area contributed by atoms with Crippen LogP contribution in [-0.2, 0) is 4.74 Å². The van der Waals surface area contributed by atoms with Gasteiger partial charge in [-0.25, -0.2) is 0 Å². The summed E-state index contributed by atoms with van der Waals surface area (Å²) in [5.74, 6) is 0.681. The van der Waals surface area contributed by atoms with Gasteiger partial charge in [-0.3, -0.25) is 0 Å². The number of hydrogen-bond donors (Lipinski definition) is 1. The average Bonchev–Trinajstić information content (AvgIpc) is 2.15. The van der Waals surface area contributed by atoms with Crippen molar-refractivity contribution in [3.63, 3.8) is 0 Å². The fourth-order valence-corrected chi connectivity index (χ4v) is 1.86. The van der Waals surface area contributed by atoms with Gasteiger partial charge in [0.05, 0.1) is 0 Å². The van der Waals surface area contributed by atoms with Crippen LogP contribution in [0.5, 0.6) is 0 Å². The SMILES string of the molecule is C/C=C(\C=C(/C)S)C1CCOCC1. The van der Waals surface area contributed by atoms with E-state index in [2.05, 4.69) is 31.7 Å². The minimum Gasteiger partial charge on any atom is -0.381 e. The molecule has 0 atom stereocenters. The summed E-state index contributed by atoms with van der Waals surface area (Å²) in [6, 6.07) is 0. The topological polar surface area (TPSA) is 9.23 Å². The summed E-state index contributed by atoms with van der Waals surface area (Å²) >= 11 is 4.30. The third-order valence-electron chi connectivity index (χ3n) is 2.40. The van der Waals surface area contributed by atoms with Crippen LogP contribution in [0.15, 0.2) is 22.6 Å². The normalized spacial score (nSPS) is 22.1. The van der Waals surface area contributed by atoms with Crippen LogP contribution in [-0.4, -0.2) is 13.2 Å². The van der Waals surface area contributed by atoms with Crippen molar-refractivity contribution < 1.29 is 4.74 Å². The van der Waals surface area contributed by atoms with Gasteiger partial charge in [0.2, 0.25) is 0 Å². The van der Waals surface area contributed by atoms with Crippen molar-refractivity contribution in [1.82, 2.24) is 0 Å². The predicted octanol–water partition coefficient (Wildman–Crippen LogP) is 3.19. The molecule has 0 aromatic rings. The molecule has 0 unspecified atom stereocenters. The lowest BCUT2D eigenvalue weighted by atomic mass is 9.91. The highest BCUT2D eigenvalue weighted by Gasteiger charge is 2.15. The van der Waals surface area contributed by atoms with Crippen molar-refractivity contribution in [3.05, 3.63) is 22.6 Å². The zero-order valence-electron chi connectivity index (χ0n) is 8.42. The number of hydrogen-bond acceptors (Lipinski definition) is 2. The van der Waals surface area contributed by atoms with Crippen molar-refractivity contribution in [2.24, 2.45) is 5.92 Å². The molecule has 0 N–H and O–H groups in total. The Labute approximate surface area is 86.3 Å². The Morgan fingerprint density at radius 2 is 2.00 bits per heavy atom. The molecule has 1 aliphatic rings. The summed E-state index contributed by atoms with van der Waals surface area (Å²) in [5.41, 5.74) is 1.41. The predicted molar refractivity (Wildman–Crippen MR) is 60.0 cm³/mol. The third-order valence-corrected chi connectivity index (χ3v) is 2.53. The van der Waals surface area contributed by atoms with Gasteiger partial charge in [0.15, 0.2) is 0 Å². The molecule has 0 aromatic carbocycles. The van der Waals surface area contributed by atoms with E-state index in [9.17, 15) is 0 Å². The van der Waals surface area contributed by atoms with Crippen LogP contribution in [0.2, 0.25) is 0 Å². The van der Waals surface area contributed by atoms with E-state index < -0.39 is 0 Å². The smallest absolute Gasteiger partial charge is 0.0471 e. The van der Waals surface area contributed by atoms with Crippen molar-refractivity contribution in [1.29, 1.82) is 0 Å². The molecule has 1 fully saturated rings. The number of ether oxygens (including phenoxy) is 1. The van der Waals surface area contributed by atoms with E-state index in [1.54, 1.807) is 0 Å². The highest BCUT2D eigenvalue weighted by atomic mass is 32.1. The first kappa shape index (κ1) is 10.9. The Balaban J connectivity index is 2.60. The van der Waals surface area contributed by atoms with Crippen LogP contribution in [0.25, 0.3) is 0 Å². The molecule has 0 aromatic heterocycles. The number of allylic oxidation sites excluding steroid dienone is 4. The number of rotatable bonds is 2. The second-order valence-electron chi connectivity index (χ2n) is 3.46. The van der Waals surface area contributed by atoms with E-state index in [0.717, 1.165) is 31.0 Å². The summed E-state index contributed by atoms with van der Waals surface area (Å²) in [6.45, 7) is 5.92. The van der Waals surface area contributed by atoms with Crippen LogP contribution in [0.3, 0.4) is 0 Å². The first-order valence-corrected chi connectivity index (χ1v) is 5.30. The summed E-state index contributed by atoms with van der Waals surface area (Å²) in [6.07, 6.45) is 6.66. The van der Waals surface area contributed by atoms with E-state index in [1.807, 2.05) is 6.92 Å². The Morgan fingerprint density at radius 3 is 2.46 bits per heavy atom. The van der Waals surface area contributed by atoms with Gasteiger partial charge in [-0.2, -0.15) is 0 Å². The first-order valence-electron chi connectivity index (χ1n) is 4.85. The average molecular weight is 198 g/mol. The molecular weight excluding hydrogens is 180 g/mol. The largest absolute Gasteiger partial charge is 0.381 e. The van der Waals surface area contributed by atoms with Gasteiger partial charge in [0.1, 0.15) is 0 Å². The van der Waals surface area contributed by atoms with Gasteiger partial charge < -0.3 is 4.74 Å². The highest BCUT2D eigenvalue weighted by Crippen LogP contribution is 2.25. The standard InChI is InChI=1S/C11H18OS/c1-3-10(8-9(2)13)11-4-6-12-7-5-11/h3,8,11,13H,4-7H2,1-2H3/b9-8+,10-3+. The molecule has 0 aliphatic carbocycles. The minimum absolute atomic E-state index is 0.681. The Bertz CT molecular complexity index is 208. The molecule has 0 saturated carbocycles. The van der Waals surface area contributed by atoms with Gasteiger partial charge in [-0.15, -0.1) is 12.6 Å². The van der Waals surface area contributed by atoms with Crippen LogP contribution in [0.4, 0.5) is 0 Å². The van der Waals surface area contributed by atoms with Gasteiger partial charge in [-0.1, -0.05) is 12.2 Å². The van der Waals surface area contributed by atoms with E-state index in [4.69, 9.17) is 4.74 Å². The fourth-order valence-electron chi connectivity index (χ4n) is 1.71. The van der Waals surface area contributed by atoms with Gasteiger partial charge in [-0.05, 0) is 43.1 Å². The van der Waals surface area contributed by atoms with E-state index >= 15 is 0 Å².